The van der Waals surface area contributed by atoms with Crippen molar-refractivity contribution in [2.75, 3.05) is 0 Å². The fourth-order valence-electron chi connectivity index (χ4n) is 1.59. The van der Waals surface area contributed by atoms with Gasteiger partial charge in [0.05, 0.1) is 12.4 Å². The van der Waals surface area contributed by atoms with Gasteiger partial charge in [0.1, 0.15) is 11.3 Å². The van der Waals surface area contributed by atoms with E-state index >= 15 is 0 Å². The molecule has 0 aliphatic rings. The zero-order valence-electron chi connectivity index (χ0n) is 9.76. The molecule has 9 heteroatoms. The van der Waals surface area contributed by atoms with Gasteiger partial charge in [-0.1, -0.05) is 15.9 Å². The molecule has 1 aromatic carbocycles. The van der Waals surface area contributed by atoms with Crippen LogP contribution in [0, 0.1) is 0 Å². The second-order valence-corrected chi connectivity index (χ2v) is 4.66. The van der Waals surface area contributed by atoms with E-state index in [0.29, 0.717) is 10.1 Å². The normalized spacial score (nSPS) is 10.7. The van der Waals surface area contributed by atoms with E-state index in [9.17, 15) is 4.79 Å². The minimum absolute atomic E-state index is 0.0262. The van der Waals surface area contributed by atoms with Crippen molar-refractivity contribution < 1.29 is 14.6 Å². The second kappa shape index (κ2) is 4.85. The number of carboxylic acid groups (broad SMARTS) is 1. The number of hydrogen-bond acceptors (Lipinski definition) is 6. The molecular formula is C11H6BrN5O3. The van der Waals surface area contributed by atoms with Crippen molar-refractivity contribution in [2.45, 2.75) is 0 Å². The van der Waals surface area contributed by atoms with E-state index in [2.05, 4.69) is 36.4 Å². The van der Waals surface area contributed by atoms with Crippen molar-refractivity contribution in [3.8, 4) is 11.6 Å². The summed E-state index contributed by atoms with van der Waals surface area (Å²) in [6, 6.07) is 4.60. The van der Waals surface area contributed by atoms with E-state index < -0.39 is 5.97 Å². The third kappa shape index (κ3) is 2.18. The van der Waals surface area contributed by atoms with Crippen LogP contribution in [0.1, 0.15) is 10.4 Å². The molecule has 0 saturated heterocycles. The molecule has 0 atom stereocenters. The topological polar surface area (TPSA) is 102 Å². The number of rotatable bonds is 3. The summed E-state index contributed by atoms with van der Waals surface area (Å²) in [5.74, 6) is -0.714. The average Bonchev–Trinajstić information content (AvgIpc) is 2.88. The summed E-state index contributed by atoms with van der Waals surface area (Å²) in [6.07, 6.45) is 2.86. The maximum atomic E-state index is 11.2. The summed E-state index contributed by atoms with van der Waals surface area (Å²) >= 11 is 3.27. The Morgan fingerprint density at radius 3 is 3.00 bits per heavy atom. The van der Waals surface area contributed by atoms with E-state index in [1.807, 2.05) is 0 Å². The van der Waals surface area contributed by atoms with Crippen LogP contribution in [-0.4, -0.2) is 36.1 Å². The van der Waals surface area contributed by atoms with E-state index in [0.717, 1.165) is 0 Å². The van der Waals surface area contributed by atoms with Gasteiger partial charge in [-0.2, -0.15) is 4.52 Å². The van der Waals surface area contributed by atoms with E-state index in [1.54, 1.807) is 12.1 Å². The van der Waals surface area contributed by atoms with Gasteiger partial charge in [0.25, 0.3) is 0 Å². The van der Waals surface area contributed by atoms with Crippen molar-refractivity contribution in [1.29, 1.82) is 0 Å². The molecule has 1 N–H and O–H groups in total. The first-order chi connectivity index (χ1) is 9.65. The molecule has 0 aliphatic carbocycles. The van der Waals surface area contributed by atoms with Crippen molar-refractivity contribution in [3.05, 3.63) is 40.6 Å². The standard InChI is InChI=1S/C11H6BrN5O3/c12-6-1-2-7(11(18)19)8(3-6)20-10-5-13-4-9-14-15-16-17(9)10/h1-5H,(H,18,19). The lowest BCUT2D eigenvalue weighted by molar-refractivity contribution is 0.0694. The maximum absolute atomic E-state index is 11.2. The number of hydrogen-bond donors (Lipinski definition) is 1. The lowest BCUT2D eigenvalue weighted by Crippen LogP contribution is -2.03. The number of tetrazole rings is 1. The molecule has 100 valence electrons. The minimum atomic E-state index is -1.09. The Hall–Kier alpha value is -2.55. The SMILES string of the molecule is O=C(O)c1ccc(Br)cc1Oc1cncc2nnnn12. The predicted molar refractivity (Wildman–Crippen MR) is 69.8 cm³/mol. The molecule has 3 aromatic rings. The van der Waals surface area contributed by atoms with Gasteiger partial charge in [-0.15, -0.1) is 5.10 Å². The zero-order chi connectivity index (χ0) is 14.1. The van der Waals surface area contributed by atoms with Crippen molar-refractivity contribution in [1.82, 2.24) is 25.0 Å². The zero-order valence-corrected chi connectivity index (χ0v) is 11.4. The fraction of sp³-hybridized carbons (Fsp3) is 0. The Kier molecular flexibility index (Phi) is 3.03. The molecule has 0 fully saturated rings. The van der Waals surface area contributed by atoms with Crippen LogP contribution in [0.2, 0.25) is 0 Å². The van der Waals surface area contributed by atoms with E-state index in [1.165, 1.54) is 23.0 Å². The Morgan fingerprint density at radius 1 is 1.35 bits per heavy atom. The van der Waals surface area contributed by atoms with Gasteiger partial charge < -0.3 is 9.84 Å². The molecule has 20 heavy (non-hydrogen) atoms. The third-order valence-electron chi connectivity index (χ3n) is 2.47. The van der Waals surface area contributed by atoms with Crippen molar-refractivity contribution in [2.24, 2.45) is 0 Å². The number of carbonyl (C=O) groups is 1. The summed E-state index contributed by atoms with van der Waals surface area (Å²) < 4.78 is 7.58. The lowest BCUT2D eigenvalue weighted by Gasteiger charge is -2.09. The molecule has 0 amide bonds. The van der Waals surface area contributed by atoms with Gasteiger partial charge in [-0.05, 0) is 28.6 Å². The molecule has 0 aliphatic heterocycles. The highest BCUT2D eigenvalue weighted by molar-refractivity contribution is 9.10. The molecule has 2 aromatic heterocycles. The second-order valence-electron chi connectivity index (χ2n) is 3.74. The van der Waals surface area contributed by atoms with E-state index in [-0.39, 0.29) is 17.2 Å². The molecule has 0 saturated carbocycles. The molecule has 0 radical (unpaired) electrons. The first-order valence-corrected chi connectivity index (χ1v) is 6.17. The van der Waals surface area contributed by atoms with Crippen LogP contribution >= 0.6 is 15.9 Å². The third-order valence-corrected chi connectivity index (χ3v) is 2.96. The van der Waals surface area contributed by atoms with Gasteiger partial charge in [0.2, 0.25) is 11.5 Å². The van der Waals surface area contributed by atoms with Crippen LogP contribution in [0.5, 0.6) is 11.6 Å². The minimum Gasteiger partial charge on any atom is -0.478 e. The Bertz CT molecular complexity index is 804. The number of aromatic carboxylic acids is 1. The first-order valence-electron chi connectivity index (χ1n) is 5.38. The monoisotopic (exact) mass is 335 g/mol. The molecule has 2 heterocycles. The smallest absolute Gasteiger partial charge is 0.339 e. The van der Waals surface area contributed by atoms with Gasteiger partial charge >= 0.3 is 5.97 Å². The highest BCUT2D eigenvalue weighted by atomic mass is 79.9. The number of halogens is 1. The molecule has 0 bridgehead atoms. The maximum Gasteiger partial charge on any atom is 0.339 e. The van der Waals surface area contributed by atoms with Gasteiger partial charge in [0.15, 0.2) is 0 Å². The van der Waals surface area contributed by atoms with Crippen LogP contribution < -0.4 is 4.74 Å². The largest absolute Gasteiger partial charge is 0.478 e. The molecule has 3 rings (SSSR count). The molecule has 0 spiro atoms. The average molecular weight is 336 g/mol. The lowest BCUT2D eigenvalue weighted by atomic mass is 10.2. The molecule has 8 nitrogen and oxygen atoms in total. The van der Waals surface area contributed by atoms with Crippen LogP contribution in [0.3, 0.4) is 0 Å². The number of fused-ring (bicyclic) bond motifs is 1. The van der Waals surface area contributed by atoms with Crippen LogP contribution in [0.4, 0.5) is 0 Å². The van der Waals surface area contributed by atoms with Crippen molar-refractivity contribution in [3.63, 3.8) is 0 Å². The van der Waals surface area contributed by atoms with Crippen LogP contribution in [0.25, 0.3) is 5.65 Å². The first kappa shape index (κ1) is 12.5. The summed E-state index contributed by atoms with van der Waals surface area (Å²) in [6.45, 7) is 0. The summed E-state index contributed by atoms with van der Waals surface area (Å²) in [4.78, 5) is 15.1. The number of nitrogens with zero attached hydrogens (tertiary/aromatic N) is 5. The fourth-order valence-corrected chi connectivity index (χ4v) is 1.93. The number of aromatic nitrogens is 5. The van der Waals surface area contributed by atoms with Gasteiger partial charge in [0, 0.05) is 4.47 Å². The van der Waals surface area contributed by atoms with Crippen molar-refractivity contribution >= 4 is 27.5 Å². The molecule has 0 unspecified atom stereocenters. The Labute approximate surface area is 120 Å². The summed E-state index contributed by atoms with van der Waals surface area (Å²) in [5, 5.41) is 20.1. The number of carboxylic acids is 1. The Balaban J connectivity index is 2.09. The van der Waals surface area contributed by atoms with Gasteiger partial charge in [-0.3, -0.25) is 4.98 Å². The quantitative estimate of drug-likeness (QED) is 0.777. The number of benzene rings is 1. The summed E-state index contributed by atoms with van der Waals surface area (Å²) in [5.41, 5.74) is 0.424. The predicted octanol–water partition coefficient (Wildman–Crippen LogP) is 1.77. The molecular weight excluding hydrogens is 330 g/mol. The highest BCUT2D eigenvalue weighted by Gasteiger charge is 2.14. The Morgan fingerprint density at radius 2 is 2.20 bits per heavy atom. The van der Waals surface area contributed by atoms with Gasteiger partial charge in [-0.25, -0.2) is 4.79 Å². The number of ether oxygens (including phenoxy) is 1. The highest BCUT2D eigenvalue weighted by Crippen LogP contribution is 2.28. The van der Waals surface area contributed by atoms with Crippen LogP contribution in [-0.2, 0) is 0 Å². The van der Waals surface area contributed by atoms with E-state index in [4.69, 9.17) is 9.84 Å². The summed E-state index contributed by atoms with van der Waals surface area (Å²) in [7, 11) is 0. The van der Waals surface area contributed by atoms with Crippen LogP contribution in [0.15, 0.2) is 35.1 Å².